The third-order valence-corrected chi connectivity index (χ3v) is 2.66. The highest BCUT2D eigenvalue weighted by atomic mass is 16.5. The molecule has 0 saturated carbocycles. The minimum Gasteiger partial charge on any atom is -0.491 e. The Kier molecular flexibility index (Phi) is 6.13. The maximum atomic E-state index is 8.92. The molecule has 0 aliphatic carbocycles. The number of para-hydroxylation sites is 1. The number of nitrogens with zero attached hydrogens (tertiary/aromatic N) is 2. The lowest BCUT2D eigenvalue weighted by atomic mass is 10.2. The van der Waals surface area contributed by atoms with Gasteiger partial charge in [-0.15, -0.1) is 0 Å². The quantitative estimate of drug-likeness (QED) is 0.725. The molecule has 1 aromatic carbocycles. The standard InChI is InChI=1S/C14H20N2O/c1-3-9-16(4-2)10-11-17-14-8-6-5-7-13(14)12-15/h5-8H,3-4,9-11H2,1-2H3. The minimum absolute atomic E-state index is 0.603. The highest BCUT2D eigenvalue weighted by Crippen LogP contribution is 2.16. The smallest absolute Gasteiger partial charge is 0.137 e. The van der Waals surface area contributed by atoms with Crippen LogP contribution in [-0.2, 0) is 0 Å². The third-order valence-electron chi connectivity index (χ3n) is 2.66. The first-order chi connectivity index (χ1) is 8.31. The largest absolute Gasteiger partial charge is 0.491 e. The fourth-order valence-corrected chi connectivity index (χ4v) is 1.71. The Morgan fingerprint density at radius 2 is 2.00 bits per heavy atom. The van der Waals surface area contributed by atoms with Crippen LogP contribution < -0.4 is 4.74 Å². The van der Waals surface area contributed by atoms with Crippen LogP contribution in [0.25, 0.3) is 0 Å². The second kappa shape index (κ2) is 7.70. The zero-order chi connectivity index (χ0) is 12.5. The van der Waals surface area contributed by atoms with Gasteiger partial charge in [0.25, 0.3) is 0 Å². The summed E-state index contributed by atoms with van der Waals surface area (Å²) in [6.45, 7) is 8.00. The van der Waals surface area contributed by atoms with Crippen molar-refractivity contribution in [2.75, 3.05) is 26.2 Å². The predicted octanol–water partition coefficient (Wildman–Crippen LogP) is 2.67. The average Bonchev–Trinajstić information content (AvgIpc) is 2.38. The van der Waals surface area contributed by atoms with Gasteiger partial charge in [-0.3, -0.25) is 0 Å². The van der Waals surface area contributed by atoms with Gasteiger partial charge in [0.05, 0.1) is 5.56 Å². The molecular formula is C14H20N2O. The summed E-state index contributed by atoms with van der Waals surface area (Å²) < 4.78 is 5.64. The van der Waals surface area contributed by atoms with Gasteiger partial charge < -0.3 is 9.64 Å². The maximum absolute atomic E-state index is 8.92. The number of hydrogen-bond acceptors (Lipinski definition) is 3. The van der Waals surface area contributed by atoms with Gasteiger partial charge in [-0.25, -0.2) is 0 Å². The van der Waals surface area contributed by atoms with E-state index < -0.39 is 0 Å². The Bertz CT molecular complexity index is 371. The molecule has 0 radical (unpaired) electrons. The summed E-state index contributed by atoms with van der Waals surface area (Å²) >= 11 is 0. The van der Waals surface area contributed by atoms with Gasteiger partial charge in [-0.1, -0.05) is 26.0 Å². The molecule has 0 amide bonds. The summed E-state index contributed by atoms with van der Waals surface area (Å²) in [4.78, 5) is 2.34. The lowest BCUT2D eigenvalue weighted by Gasteiger charge is -2.19. The summed E-state index contributed by atoms with van der Waals surface area (Å²) in [5.41, 5.74) is 0.603. The number of nitriles is 1. The van der Waals surface area contributed by atoms with Crippen molar-refractivity contribution in [3.63, 3.8) is 0 Å². The monoisotopic (exact) mass is 232 g/mol. The Hall–Kier alpha value is -1.53. The second-order valence-corrected chi connectivity index (χ2v) is 3.89. The molecule has 3 nitrogen and oxygen atoms in total. The molecule has 3 heteroatoms. The van der Waals surface area contributed by atoms with Crippen molar-refractivity contribution in [3.8, 4) is 11.8 Å². The SMILES string of the molecule is CCCN(CC)CCOc1ccccc1C#N. The van der Waals surface area contributed by atoms with Crippen molar-refractivity contribution >= 4 is 0 Å². The Balaban J connectivity index is 2.42. The van der Waals surface area contributed by atoms with E-state index in [1.54, 1.807) is 6.07 Å². The molecule has 0 saturated heterocycles. The number of benzene rings is 1. The third kappa shape index (κ3) is 4.46. The zero-order valence-corrected chi connectivity index (χ0v) is 10.6. The molecule has 0 aliphatic heterocycles. The summed E-state index contributed by atoms with van der Waals surface area (Å²) in [5, 5.41) is 8.92. The first kappa shape index (κ1) is 13.5. The van der Waals surface area contributed by atoms with E-state index >= 15 is 0 Å². The summed E-state index contributed by atoms with van der Waals surface area (Å²) in [6, 6.07) is 9.49. The summed E-state index contributed by atoms with van der Waals surface area (Å²) in [5.74, 6) is 0.683. The van der Waals surface area contributed by atoms with E-state index in [0.717, 1.165) is 26.1 Å². The topological polar surface area (TPSA) is 36.3 Å². The molecule has 0 unspecified atom stereocenters. The fraction of sp³-hybridized carbons (Fsp3) is 0.500. The lowest BCUT2D eigenvalue weighted by molar-refractivity contribution is 0.215. The molecule has 17 heavy (non-hydrogen) atoms. The van der Waals surface area contributed by atoms with Crippen molar-refractivity contribution in [1.29, 1.82) is 5.26 Å². The van der Waals surface area contributed by atoms with Crippen LogP contribution in [0.2, 0.25) is 0 Å². The normalized spacial score (nSPS) is 10.2. The van der Waals surface area contributed by atoms with E-state index in [9.17, 15) is 0 Å². The van der Waals surface area contributed by atoms with Gasteiger partial charge in [0.15, 0.2) is 0 Å². The van der Waals surface area contributed by atoms with Gasteiger partial charge in [-0.2, -0.15) is 5.26 Å². The second-order valence-electron chi connectivity index (χ2n) is 3.89. The molecular weight excluding hydrogens is 212 g/mol. The van der Waals surface area contributed by atoms with E-state index in [-0.39, 0.29) is 0 Å². The molecule has 0 N–H and O–H groups in total. The summed E-state index contributed by atoms with van der Waals surface area (Å²) in [6.07, 6.45) is 1.16. The minimum atomic E-state index is 0.603. The molecule has 0 heterocycles. The van der Waals surface area contributed by atoms with Crippen LogP contribution in [0, 0.1) is 11.3 Å². The predicted molar refractivity (Wildman–Crippen MR) is 69.1 cm³/mol. The van der Waals surface area contributed by atoms with E-state index in [0.29, 0.717) is 17.9 Å². The van der Waals surface area contributed by atoms with Crippen molar-refractivity contribution in [1.82, 2.24) is 4.90 Å². The zero-order valence-electron chi connectivity index (χ0n) is 10.6. The molecule has 1 rings (SSSR count). The first-order valence-corrected chi connectivity index (χ1v) is 6.16. The average molecular weight is 232 g/mol. The van der Waals surface area contributed by atoms with Crippen molar-refractivity contribution < 1.29 is 4.74 Å². The molecule has 92 valence electrons. The van der Waals surface area contributed by atoms with Crippen LogP contribution in [0.15, 0.2) is 24.3 Å². The summed E-state index contributed by atoms with van der Waals surface area (Å²) in [7, 11) is 0. The molecule has 0 aromatic heterocycles. The van der Waals surface area contributed by atoms with E-state index in [2.05, 4.69) is 24.8 Å². The van der Waals surface area contributed by atoms with Crippen LogP contribution >= 0.6 is 0 Å². The van der Waals surface area contributed by atoms with Gasteiger partial charge in [0.1, 0.15) is 18.4 Å². The Morgan fingerprint density at radius 1 is 1.24 bits per heavy atom. The number of hydrogen-bond donors (Lipinski definition) is 0. The van der Waals surface area contributed by atoms with Crippen molar-refractivity contribution in [3.05, 3.63) is 29.8 Å². The highest BCUT2D eigenvalue weighted by molar-refractivity contribution is 5.42. The van der Waals surface area contributed by atoms with E-state index in [1.807, 2.05) is 18.2 Å². The number of rotatable bonds is 7. The van der Waals surface area contributed by atoms with E-state index in [1.165, 1.54) is 0 Å². The van der Waals surface area contributed by atoms with Crippen LogP contribution in [-0.4, -0.2) is 31.1 Å². The van der Waals surface area contributed by atoms with E-state index in [4.69, 9.17) is 10.00 Å². The van der Waals surface area contributed by atoms with Gasteiger partial charge in [0.2, 0.25) is 0 Å². The molecule has 1 aromatic rings. The van der Waals surface area contributed by atoms with Crippen LogP contribution in [0.1, 0.15) is 25.8 Å². The molecule has 0 aliphatic rings. The number of likely N-dealkylation sites (N-methyl/N-ethyl adjacent to an activating group) is 1. The molecule has 0 atom stereocenters. The van der Waals surface area contributed by atoms with Crippen LogP contribution in [0.4, 0.5) is 0 Å². The Morgan fingerprint density at radius 3 is 2.65 bits per heavy atom. The van der Waals surface area contributed by atoms with Crippen LogP contribution in [0.3, 0.4) is 0 Å². The Labute approximate surface area is 104 Å². The fourth-order valence-electron chi connectivity index (χ4n) is 1.71. The van der Waals surface area contributed by atoms with Gasteiger partial charge >= 0.3 is 0 Å². The van der Waals surface area contributed by atoms with Crippen molar-refractivity contribution in [2.45, 2.75) is 20.3 Å². The lowest BCUT2D eigenvalue weighted by Crippen LogP contribution is -2.29. The molecule has 0 spiro atoms. The molecule has 0 bridgehead atoms. The molecule has 0 fully saturated rings. The van der Waals surface area contributed by atoms with Gasteiger partial charge in [0, 0.05) is 6.54 Å². The van der Waals surface area contributed by atoms with Crippen molar-refractivity contribution in [2.24, 2.45) is 0 Å². The number of ether oxygens (including phenoxy) is 1. The first-order valence-electron chi connectivity index (χ1n) is 6.16. The van der Waals surface area contributed by atoms with Gasteiger partial charge in [-0.05, 0) is 31.6 Å². The van der Waals surface area contributed by atoms with Crippen LogP contribution in [0.5, 0.6) is 5.75 Å². The maximum Gasteiger partial charge on any atom is 0.137 e. The highest BCUT2D eigenvalue weighted by Gasteiger charge is 2.03.